The number of carbonyl (C=O) groups is 1. The Bertz CT molecular complexity index is 50.2. The van der Waals surface area contributed by atoms with Gasteiger partial charge in [-0.15, -0.1) is 0 Å². The summed E-state index contributed by atoms with van der Waals surface area (Å²) in [5.74, 6) is 4.07. The van der Waals surface area contributed by atoms with Crippen molar-refractivity contribution in [3.8, 4) is 0 Å². The molecule has 0 spiro atoms. The first-order valence-electron chi connectivity index (χ1n) is 0.868. The Balaban J connectivity index is -0.0000000800. The first-order valence-corrected chi connectivity index (χ1v) is 0.868. The molecule has 6 heteroatoms. The third-order valence-electron chi connectivity index (χ3n) is 0.101. The van der Waals surface area contributed by atoms with Gasteiger partial charge in [-0.3, -0.25) is 0 Å². The van der Waals surface area contributed by atoms with Crippen molar-refractivity contribution < 1.29 is 60.4 Å². The number of nitrogens with two attached hydrogens (primary N) is 1. The first-order chi connectivity index (χ1) is 2.27. The molecule has 0 radical (unpaired) electrons. The molecule has 0 heterocycles. The van der Waals surface area contributed by atoms with Crippen molar-refractivity contribution in [1.82, 2.24) is 0 Å². The van der Waals surface area contributed by atoms with Crippen LogP contribution in [0.25, 0.3) is 0 Å². The minimum atomic E-state index is -1.47. The molecule has 0 saturated heterocycles. The molecule has 0 saturated carbocycles. The maximum absolute atomic E-state index is 9.02. The second kappa shape index (κ2) is 9.88. The predicted octanol–water partition coefficient (Wildman–Crippen LogP) is -0.450. The molecular weight excluding hydrogens is 231 g/mol. The van der Waals surface area contributed by atoms with Crippen LogP contribution in [-0.2, 0) is 50.5 Å². The van der Waals surface area contributed by atoms with E-state index in [1.807, 2.05) is 0 Å². The zero-order chi connectivity index (χ0) is 4.28. The molecule has 0 bridgehead atoms. The summed E-state index contributed by atoms with van der Waals surface area (Å²) in [5.41, 5.74) is 0. The van der Waals surface area contributed by atoms with Gasteiger partial charge in [0.2, 0.25) is 0 Å². The van der Waals surface area contributed by atoms with Gasteiger partial charge in [-0.2, -0.15) is 5.90 Å². The summed E-state index contributed by atoms with van der Waals surface area (Å²) >= 11 is 0. The van der Waals surface area contributed by atoms with Crippen LogP contribution in [0.5, 0.6) is 0 Å². The van der Waals surface area contributed by atoms with Gasteiger partial charge in [-0.05, 0) is 0 Å². The summed E-state index contributed by atoms with van der Waals surface area (Å²) in [6.07, 6.45) is -1.47. The van der Waals surface area contributed by atoms with Crippen LogP contribution < -0.4 is 5.90 Å². The standard InChI is InChI=1S/CH3NO3.Zn.Zr/c2-5-1(3)4;;/h2H2,(H,3,4);;. The second-order valence-corrected chi connectivity index (χ2v) is 0.384. The molecule has 0 aliphatic heterocycles. The summed E-state index contributed by atoms with van der Waals surface area (Å²) in [5, 5.41) is 7.38. The van der Waals surface area contributed by atoms with E-state index in [1.165, 1.54) is 0 Å². The summed E-state index contributed by atoms with van der Waals surface area (Å²) in [6.45, 7) is 0. The summed E-state index contributed by atoms with van der Waals surface area (Å²) < 4.78 is 0. The Morgan fingerprint density at radius 3 is 1.86 bits per heavy atom. The molecule has 0 fully saturated rings. The Morgan fingerprint density at radius 2 is 1.86 bits per heavy atom. The molecule has 0 aromatic heterocycles. The van der Waals surface area contributed by atoms with Crippen molar-refractivity contribution in [2.45, 2.75) is 0 Å². The number of hydrogen-bond acceptors (Lipinski definition) is 3. The van der Waals surface area contributed by atoms with E-state index in [9.17, 15) is 0 Å². The smallest absolute Gasteiger partial charge is 0.448 e. The zero-order valence-corrected chi connectivity index (χ0v) is 8.97. The molecule has 0 aromatic rings. The van der Waals surface area contributed by atoms with Crippen LogP contribution in [-0.4, -0.2) is 11.3 Å². The van der Waals surface area contributed by atoms with Crippen LogP contribution in [0.2, 0.25) is 0 Å². The molecule has 0 aliphatic carbocycles. The van der Waals surface area contributed by atoms with Crippen molar-refractivity contribution in [3.63, 3.8) is 0 Å². The van der Waals surface area contributed by atoms with Crippen LogP contribution in [0, 0.1) is 0 Å². The molecule has 0 amide bonds. The maximum Gasteiger partial charge on any atom is 0.524 e. The number of carboxylic acid groups (broad SMARTS) is 1. The Morgan fingerprint density at radius 1 is 1.71 bits per heavy atom. The summed E-state index contributed by atoms with van der Waals surface area (Å²) in [6, 6.07) is 0. The molecule has 4 nitrogen and oxygen atoms in total. The fraction of sp³-hybridized carbons (Fsp3) is 0. The van der Waals surface area contributed by atoms with Crippen molar-refractivity contribution in [3.05, 3.63) is 0 Å². The monoisotopic (exact) mass is 231 g/mol. The van der Waals surface area contributed by atoms with E-state index in [2.05, 4.69) is 10.7 Å². The van der Waals surface area contributed by atoms with Gasteiger partial charge in [0.1, 0.15) is 0 Å². The van der Waals surface area contributed by atoms with Gasteiger partial charge in [0.05, 0.1) is 0 Å². The normalized spacial score (nSPS) is 4.71. The van der Waals surface area contributed by atoms with Crippen molar-refractivity contribution in [1.29, 1.82) is 0 Å². The van der Waals surface area contributed by atoms with E-state index < -0.39 is 6.16 Å². The van der Waals surface area contributed by atoms with Crippen LogP contribution >= 0.6 is 0 Å². The van der Waals surface area contributed by atoms with Gasteiger partial charge in [0.15, 0.2) is 0 Å². The van der Waals surface area contributed by atoms with Gasteiger partial charge < -0.3 is 9.94 Å². The molecule has 0 aromatic carbocycles. The molecule has 3 N–H and O–H groups in total. The minimum Gasteiger partial charge on any atom is -0.448 e. The predicted molar refractivity (Wildman–Crippen MR) is 13.3 cm³/mol. The molecule has 7 heavy (non-hydrogen) atoms. The molecule has 0 rings (SSSR count). The maximum atomic E-state index is 9.02. The zero-order valence-electron chi connectivity index (χ0n) is 3.55. The van der Waals surface area contributed by atoms with Crippen LogP contribution in [0.1, 0.15) is 0 Å². The van der Waals surface area contributed by atoms with Crippen LogP contribution in [0.3, 0.4) is 0 Å². The molecule has 0 atom stereocenters. The quantitative estimate of drug-likeness (QED) is 0.439. The summed E-state index contributed by atoms with van der Waals surface area (Å²) in [7, 11) is 0. The van der Waals surface area contributed by atoms with E-state index in [1.54, 1.807) is 0 Å². The average Bonchev–Trinajstić information content (AvgIpc) is 1.38. The van der Waals surface area contributed by atoms with Gasteiger partial charge >= 0.3 is 6.16 Å². The SMILES string of the molecule is NOC(=O)O.[Zn].[Zr]. The molecule has 36 valence electrons. The first kappa shape index (κ1) is 15.6. The van der Waals surface area contributed by atoms with Gasteiger partial charge in [-0.1, -0.05) is 0 Å². The molecule has 0 aliphatic rings. The van der Waals surface area contributed by atoms with E-state index in [0.717, 1.165) is 0 Å². The fourth-order valence-corrected chi connectivity index (χ4v) is 0. The summed E-state index contributed by atoms with van der Waals surface area (Å²) in [4.78, 5) is 12.2. The van der Waals surface area contributed by atoms with E-state index in [4.69, 9.17) is 9.90 Å². The van der Waals surface area contributed by atoms with Crippen molar-refractivity contribution >= 4 is 6.16 Å². The van der Waals surface area contributed by atoms with Crippen molar-refractivity contribution in [2.75, 3.05) is 0 Å². The van der Waals surface area contributed by atoms with Gasteiger partial charge in [-0.25, -0.2) is 4.79 Å². The van der Waals surface area contributed by atoms with E-state index >= 15 is 0 Å². The Labute approximate surface area is 72.2 Å². The third-order valence-corrected chi connectivity index (χ3v) is 0.101. The third kappa shape index (κ3) is 20.2. The topological polar surface area (TPSA) is 72.5 Å². The molecular formula is CH3NO3ZnZr. The molecule has 0 unspecified atom stereocenters. The Hall–Kier alpha value is 0.736. The number of rotatable bonds is 0. The number of hydrogen-bond donors (Lipinski definition) is 2. The van der Waals surface area contributed by atoms with Crippen LogP contribution in [0.15, 0.2) is 0 Å². The van der Waals surface area contributed by atoms with Gasteiger partial charge in [0, 0.05) is 45.7 Å². The van der Waals surface area contributed by atoms with Crippen molar-refractivity contribution in [2.24, 2.45) is 5.90 Å². The van der Waals surface area contributed by atoms with Gasteiger partial charge in [0.25, 0.3) is 0 Å². The largest absolute Gasteiger partial charge is 0.524 e. The Kier molecular flexibility index (Phi) is 22.1. The van der Waals surface area contributed by atoms with E-state index in [0.29, 0.717) is 0 Å². The van der Waals surface area contributed by atoms with Crippen LogP contribution in [0.4, 0.5) is 4.79 Å². The minimum absolute atomic E-state index is 0. The fourth-order valence-electron chi connectivity index (χ4n) is 0. The van der Waals surface area contributed by atoms with E-state index in [-0.39, 0.29) is 45.7 Å². The average molecular weight is 234 g/mol. The second-order valence-electron chi connectivity index (χ2n) is 0.384.